The summed E-state index contributed by atoms with van der Waals surface area (Å²) < 4.78 is 32.7. The van der Waals surface area contributed by atoms with Crippen molar-refractivity contribution < 1.29 is 37.6 Å². The predicted molar refractivity (Wildman–Crippen MR) is 256 cm³/mol. The van der Waals surface area contributed by atoms with E-state index in [4.69, 9.17) is 24.3 Å². The van der Waals surface area contributed by atoms with E-state index in [1.807, 2.05) is 12.2 Å². The van der Waals surface area contributed by atoms with E-state index in [2.05, 4.69) is 68.5 Å². The Bertz CT molecular complexity index is 1230. The molecule has 0 aromatic heterocycles. The zero-order valence-electron chi connectivity index (χ0n) is 38.9. The smallest absolute Gasteiger partial charge is 0.462 e. The zero-order chi connectivity index (χ0) is 44.6. The normalized spacial score (nSPS) is 13.8. The first-order valence-electron chi connectivity index (χ1n) is 24.4. The molecule has 0 fully saturated rings. The Morgan fingerprint density at radius 3 is 1.41 bits per heavy atom. The van der Waals surface area contributed by atoms with E-state index in [0.717, 1.165) is 44.9 Å². The monoisotopic (exact) mass is 876 g/mol. The number of carbonyl (C=O) groups is 2. The average molecular weight is 876 g/mol. The quantitative estimate of drug-likeness (QED) is 0.0265. The van der Waals surface area contributed by atoms with Crippen molar-refractivity contribution in [1.82, 2.24) is 0 Å². The number of phosphoric acid groups is 1. The van der Waals surface area contributed by atoms with Crippen LogP contribution in [0.5, 0.6) is 0 Å². The first kappa shape index (κ1) is 58.5. The Hall–Kier alpha value is -2.55. The van der Waals surface area contributed by atoms with Gasteiger partial charge in [0.1, 0.15) is 6.61 Å². The molecule has 0 aromatic carbocycles. The van der Waals surface area contributed by atoms with Gasteiger partial charge in [-0.1, -0.05) is 202 Å². The molecule has 61 heavy (non-hydrogen) atoms. The fourth-order valence-electron chi connectivity index (χ4n) is 6.53. The van der Waals surface area contributed by atoms with Gasteiger partial charge in [0, 0.05) is 13.0 Å². The molecule has 0 aliphatic heterocycles. The molecular formula is C51H90NO8P. The number of carbonyl (C=O) groups excluding carboxylic acids is 2. The highest BCUT2D eigenvalue weighted by Crippen LogP contribution is 2.43. The summed E-state index contributed by atoms with van der Waals surface area (Å²) in [4.78, 5) is 34.9. The number of hydrogen-bond acceptors (Lipinski definition) is 8. The minimum Gasteiger partial charge on any atom is -0.462 e. The molecule has 3 N–H and O–H groups in total. The topological polar surface area (TPSA) is 134 Å². The van der Waals surface area contributed by atoms with Crippen LogP contribution in [0.25, 0.3) is 0 Å². The Morgan fingerprint density at radius 1 is 0.525 bits per heavy atom. The fraction of sp³-hybridized carbons (Fsp3) is 0.725. The second-order valence-electron chi connectivity index (χ2n) is 16.0. The first-order chi connectivity index (χ1) is 29.8. The minimum atomic E-state index is -4.41. The largest absolute Gasteiger partial charge is 0.472 e. The molecule has 0 saturated heterocycles. The van der Waals surface area contributed by atoms with Crippen LogP contribution in [0.2, 0.25) is 0 Å². The van der Waals surface area contributed by atoms with Crippen molar-refractivity contribution in [3.8, 4) is 0 Å². The van der Waals surface area contributed by atoms with Crippen molar-refractivity contribution in [2.75, 3.05) is 26.4 Å². The van der Waals surface area contributed by atoms with Crippen LogP contribution in [0.15, 0.2) is 72.9 Å². The average Bonchev–Trinajstić information content (AvgIpc) is 3.25. The Morgan fingerprint density at radius 2 is 0.951 bits per heavy atom. The Kier molecular flexibility index (Phi) is 45.0. The summed E-state index contributed by atoms with van der Waals surface area (Å²) in [5, 5.41) is 0. The van der Waals surface area contributed by atoms with Crippen molar-refractivity contribution in [2.24, 2.45) is 5.73 Å². The van der Waals surface area contributed by atoms with Gasteiger partial charge in [0.25, 0.3) is 0 Å². The van der Waals surface area contributed by atoms with Crippen LogP contribution < -0.4 is 5.73 Å². The second kappa shape index (κ2) is 46.9. The third kappa shape index (κ3) is 46.8. The lowest BCUT2D eigenvalue weighted by atomic mass is 10.0. The molecule has 0 heterocycles. The molecule has 352 valence electrons. The molecule has 0 amide bonds. The number of unbranched alkanes of at least 4 members (excludes halogenated alkanes) is 21. The van der Waals surface area contributed by atoms with Crippen LogP contribution >= 0.6 is 7.82 Å². The number of nitrogens with two attached hydrogens (primary N) is 1. The van der Waals surface area contributed by atoms with E-state index in [1.165, 1.54) is 128 Å². The SMILES string of the molecule is CC/C=C\C/C=C\C/C=C\C/C=C\C/C=C\CC(=O)OC(COC(=O)CCCCCCCCCCCCCCC/C=C\CCCCCCCCCC)COP(=O)(O)OCCN. The molecule has 9 nitrogen and oxygen atoms in total. The molecule has 0 bridgehead atoms. The maximum absolute atomic E-state index is 12.5. The van der Waals surface area contributed by atoms with Crippen LogP contribution in [0.4, 0.5) is 0 Å². The molecule has 0 rings (SSSR count). The van der Waals surface area contributed by atoms with Crippen LogP contribution in [0.1, 0.15) is 206 Å². The van der Waals surface area contributed by atoms with E-state index in [0.29, 0.717) is 6.42 Å². The minimum absolute atomic E-state index is 0.00381. The van der Waals surface area contributed by atoms with E-state index < -0.39 is 32.5 Å². The molecular weight excluding hydrogens is 786 g/mol. The molecule has 0 saturated carbocycles. The fourth-order valence-corrected chi connectivity index (χ4v) is 7.29. The second-order valence-corrected chi connectivity index (χ2v) is 17.4. The molecule has 0 radical (unpaired) electrons. The number of rotatable bonds is 45. The summed E-state index contributed by atoms with van der Waals surface area (Å²) in [5.74, 6) is -0.976. The van der Waals surface area contributed by atoms with Crippen LogP contribution in [-0.4, -0.2) is 49.3 Å². The molecule has 0 aliphatic carbocycles. The van der Waals surface area contributed by atoms with Gasteiger partial charge in [-0.25, -0.2) is 4.57 Å². The van der Waals surface area contributed by atoms with Gasteiger partial charge < -0.3 is 20.1 Å². The van der Waals surface area contributed by atoms with Gasteiger partial charge >= 0.3 is 19.8 Å². The van der Waals surface area contributed by atoms with Crippen molar-refractivity contribution in [3.05, 3.63) is 72.9 Å². The number of ether oxygens (including phenoxy) is 2. The highest BCUT2D eigenvalue weighted by atomic mass is 31.2. The zero-order valence-corrected chi connectivity index (χ0v) is 39.8. The van der Waals surface area contributed by atoms with Gasteiger partial charge in [0.2, 0.25) is 0 Å². The Balaban J connectivity index is 4.09. The highest BCUT2D eigenvalue weighted by molar-refractivity contribution is 7.47. The highest BCUT2D eigenvalue weighted by Gasteiger charge is 2.25. The van der Waals surface area contributed by atoms with Gasteiger partial charge in [-0.2, -0.15) is 0 Å². The molecule has 2 unspecified atom stereocenters. The van der Waals surface area contributed by atoms with Crippen molar-refractivity contribution >= 4 is 19.8 Å². The van der Waals surface area contributed by atoms with Gasteiger partial charge in [-0.15, -0.1) is 0 Å². The van der Waals surface area contributed by atoms with Crippen LogP contribution in [0, 0.1) is 0 Å². The van der Waals surface area contributed by atoms with Gasteiger partial charge in [0.15, 0.2) is 6.10 Å². The van der Waals surface area contributed by atoms with Crippen molar-refractivity contribution in [2.45, 2.75) is 213 Å². The van der Waals surface area contributed by atoms with Gasteiger partial charge in [-0.05, 0) is 64.2 Å². The maximum atomic E-state index is 12.5. The lowest BCUT2D eigenvalue weighted by Gasteiger charge is -2.19. The molecule has 0 spiro atoms. The third-order valence-corrected chi connectivity index (χ3v) is 11.1. The van der Waals surface area contributed by atoms with Crippen LogP contribution in [-0.2, 0) is 32.7 Å². The molecule has 0 aromatic rings. The summed E-state index contributed by atoms with van der Waals surface area (Å²) in [6, 6.07) is 0. The standard InChI is InChI=1S/C51H90NO8P/c1-3-5-7-9-11-13-15-17-19-20-21-22-23-24-25-26-27-28-30-31-33-35-37-39-41-43-50(53)57-47-49(48-59-61(55,56)58-46-45-52)60-51(54)44-42-40-38-36-34-32-29-18-16-14-12-10-8-6-4-2/h6,8,12,14,18,20-21,29,34,36,40,42,49H,3-5,7,9-11,13,15-17,19,22-28,30-33,35,37-39,41,43-48,52H2,1-2H3,(H,55,56)/b8-6-,14-12-,21-20-,29-18-,36-34-,42-40-. The molecule has 10 heteroatoms. The number of allylic oxidation sites excluding steroid dienone is 11. The number of phosphoric ester groups is 1. The van der Waals surface area contributed by atoms with Gasteiger partial charge in [-0.3, -0.25) is 18.6 Å². The first-order valence-corrected chi connectivity index (χ1v) is 25.9. The number of hydrogen-bond donors (Lipinski definition) is 2. The summed E-state index contributed by atoms with van der Waals surface area (Å²) in [6.45, 7) is 3.51. The molecule has 2 atom stereocenters. The van der Waals surface area contributed by atoms with Crippen LogP contribution in [0.3, 0.4) is 0 Å². The Labute approximate surface area is 373 Å². The predicted octanol–water partition coefficient (Wildman–Crippen LogP) is 14.6. The van der Waals surface area contributed by atoms with Gasteiger partial charge in [0.05, 0.1) is 19.6 Å². The maximum Gasteiger partial charge on any atom is 0.472 e. The summed E-state index contributed by atoms with van der Waals surface area (Å²) >= 11 is 0. The summed E-state index contributed by atoms with van der Waals surface area (Å²) in [6.07, 6.45) is 58.4. The summed E-state index contributed by atoms with van der Waals surface area (Å²) in [5.41, 5.74) is 5.35. The molecule has 0 aliphatic rings. The number of esters is 2. The van der Waals surface area contributed by atoms with E-state index in [9.17, 15) is 19.0 Å². The lowest BCUT2D eigenvalue weighted by Crippen LogP contribution is -2.29. The van der Waals surface area contributed by atoms with Crippen molar-refractivity contribution in [1.29, 1.82) is 0 Å². The third-order valence-electron chi connectivity index (χ3n) is 10.1. The van der Waals surface area contributed by atoms with Crippen molar-refractivity contribution in [3.63, 3.8) is 0 Å². The van der Waals surface area contributed by atoms with E-state index >= 15 is 0 Å². The summed E-state index contributed by atoms with van der Waals surface area (Å²) in [7, 11) is -4.41. The lowest BCUT2D eigenvalue weighted by molar-refractivity contribution is -0.160. The van der Waals surface area contributed by atoms with E-state index in [-0.39, 0.29) is 32.6 Å². The van der Waals surface area contributed by atoms with E-state index in [1.54, 1.807) is 6.08 Å².